The highest BCUT2D eigenvalue weighted by molar-refractivity contribution is 7.92. The maximum absolute atomic E-state index is 11.9. The Morgan fingerprint density at radius 1 is 1.29 bits per heavy atom. The zero-order chi connectivity index (χ0) is 17.9. The number of nitrogens with one attached hydrogen (secondary N) is 2. The molecule has 0 fully saturated rings. The van der Waals surface area contributed by atoms with Gasteiger partial charge >= 0.3 is 12.0 Å². The fraction of sp³-hybridized carbons (Fsp3) is 0.357. The summed E-state index contributed by atoms with van der Waals surface area (Å²) in [6.07, 6.45) is 1.61. The second kappa shape index (κ2) is 6.87. The van der Waals surface area contributed by atoms with Crippen molar-refractivity contribution in [2.45, 2.75) is 6.42 Å². The lowest BCUT2D eigenvalue weighted by Gasteiger charge is -2.16. The highest BCUT2D eigenvalue weighted by Crippen LogP contribution is 2.30. The molecule has 0 saturated heterocycles. The predicted molar refractivity (Wildman–Crippen MR) is 85.2 cm³/mol. The van der Waals surface area contributed by atoms with Crippen molar-refractivity contribution in [3.8, 4) is 0 Å². The number of hydrogen-bond donors (Lipinski definition) is 2. The van der Waals surface area contributed by atoms with Gasteiger partial charge in [0, 0.05) is 13.6 Å². The summed E-state index contributed by atoms with van der Waals surface area (Å²) in [5.74, 6) is -1.49. The van der Waals surface area contributed by atoms with Crippen LogP contribution in [0, 0.1) is 0 Å². The molecule has 130 valence electrons. The van der Waals surface area contributed by atoms with E-state index >= 15 is 0 Å². The molecule has 0 unspecified atom stereocenters. The molecule has 9 nitrogen and oxygen atoms in total. The van der Waals surface area contributed by atoms with Crippen molar-refractivity contribution in [2.24, 2.45) is 0 Å². The third kappa shape index (κ3) is 4.02. The first kappa shape index (κ1) is 17.7. The van der Waals surface area contributed by atoms with Gasteiger partial charge in [0.1, 0.15) is 0 Å². The molecule has 1 aliphatic rings. The van der Waals surface area contributed by atoms with E-state index in [2.05, 4.69) is 5.32 Å². The van der Waals surface area contributed by atoms with Gasteiger partial charge in [-0.05, 0) is 30.2 Å². The molecule has 0 spiro atoms. The Bertz CT molecular complexity index is 790. The molecule has 3 amide bonds. The van der Waals surface area contributed by atoms with Gasteiger partial charge in [-0.15, -0.1) is 0 Å². The maximum Gasteiger partial charge on any atom is 0.338 e. The third-order valence-corrected chi connectivity index (χ3v) is 4.56. The SMILES string of the molecule is CNC(=O)NC(=O)COC(=O)c1ccc2c(c1)CCN2S(C)(=O)=O. The first-order chi connectivity index (χ1) is 11.2. The number of carbonyl (C=O) groups is 3. The van der Waals surface area contributed by atoms with Gasteiger partial charge in [0.15, 0.2) is 6.61 Å². The van der Waals surface area contributed by atoms with Crippen molar-refractivity contribution >= 4 is 33.6 Å². The number of hydrogen-bond acceptors (Lipinski definition) is 6. The van der Waals surface area contributed by atoms with Crippen LogP contribution in [0.5, 0.6) is 0 Å². The molecule has 0 aliphatic carbocycles. The van der Waals surface area contributed by atoms with Crippen LogP contribution >= 0.6 is 0 Å². The highest BCUT2D eigenvalue weighted by Gasteiger charge is 2.27. The Hall–Kier alpha value is -2.62. The second-order valence-electron chi connectivity index (χ2n) is 5.13. The number of esters is 1. The molecule has 0 saturated carbocycles. The van der Waals surface area contributed by atoms with E-state index in [1.807, 2.05) is 5.32 Å². The lowest BCUT2D eigenvalue weighted by Crippen LogP contribution is -2.39. The Labute approximate surface area is 139 Å². The van der Waals surface area contributed by atoms with E-state index in [0.717, 1.165) is 6.26 Å². The van der Waals surface area contributed by atoms with Crippen LogP contribution in [0.2, 0.25) is 0 Å². The Kier molecular flexibility index (Phi) is 5.07. The third-order valence-electron chi connectivity index (χ3n) is 3.38. The first-order valence-electron chi connectivity index (χ1n) is 7.01. The molecule has 1 aliphatic heterocycles. The number of imide groups is 1. The van der Waals surface area contributed by atoms with Crippen LogP contribution in [-0.2, 0) is 26.0 Å². The molecule has 1 aromatic carbocycles. The number of nitrogens with zero attached hydrogens (tertiary/aromatic N) is 1. The van der Waals surface area contributed by atoms with Crippen LogP contribution in [0.15, 0.2) is 18.2 Å². The van der Waals surface area contributed by atoms with Crippen LogP contribution in [0.3, 0.4) is 0 Å². The van der Waals surface area contributed by atoms with E-state index in [9.17, 15) is 22.8 Å². The minimum absolute atomic E-state index is 0.205. The summed E-state index contributed by atoms with van der Waals surface area (Å²) >= 11 is 0. The number of amides is 3. The molecule has 0 atom stereocenters. The van der Waals surface area contributed by atoms with E-state index in [0.29, 0.717) is 24.2 Å². The number of ether oxygens (including phenoxy) is 1. The second-order valence-corrected chi connectivity index (χ2v) is 7.04. The average Bonchev–Trinajstić information content (AvgIpc) is 2.95. The van der Waals surface area contributed by atoms with E-state index < -0.39 is 34.5 Å². The van der Waals surface area contributed by atoms with E-state index in [1.165, 1.54) is 23.5 Å². The smallest absolute Gasteiger partial charge is 0.338 e. The largest absolute Gasteiger partial charge is 0.452 e. The molecule has 0 aromatic heterocycles. The number of benzene rings is 1. The molecule has 0 radical (unpaired) electrons. The highest BCUT2D eigenvalue weighted by atomic mass is 32.2. The van der Waals surface area contributed by atoms with E-state index in [4.69, 9.17) is 4.74 Å². The average molecular weight is 355 g/mol. The Balaban J connectivity index is 2.02. The summed E-state index contributed by atoms with van der Waals surface area (Å²) < 4.78 is 29.4. The lowest BCUT2D eigenvalue weighted by molar-refractivity contribution is -0.123. The molecular formula is C14H17N3O6S. The summed E-state index contributed by atoms with van der Waals surface area (Å²) in [7, 11) is -2.01. The van der Waals surface area contributed by atoms with Gasteiger partial charge in [-0.2, -0.15) is 0 Å². The van der Waals surface area contributed by atoms with Crippen LogP contribution in [0.1, 0.15) is 15.9 Å². The number of fused-ring (bicyclic) bond motifs is 1. The number of urea groups is 1. The van der Waals surface area contributed by atoms with Gasteiger partial charge in [-0.25, -0.2) is 18.0 Å². The summed E-state index contributed by atoms with van der Waals surface area (Å²) in [5.41, 5.74) is 1.45. The summed E-state index contributed by atoms with van der Waals surface area (Å²) in [6, 6.07) is 3.81. The zero-order valence-electron chi connectivity index (χ0n) is 13.2. The predicted octanol–water partition coefficient (Wildman–Crippen LogP) is -0.379. The standard InChI is InChI=1S/C14H17N3O6S/c1-15-14(20)16-12(18)8-23-13(19)10-3-4-11-9(7-10)5-6-17(11)24(2,21)22/h3-4,7H,5-6,8H2,1-2H3,(H2,15,16,18,20). The van der Waals surface area contributed by atoms with Crippen molar-refractivity contribution in [2.75, 3.05) is 30.8 Å². The quantitative estimate of drug-likeness (QED) is 0.710. The van der Waals surface area contributed by atoms with Crippen LogP contribution < -0.4 is 14.9 Å². The van der Waals surface area contributed by atoms with E-state index in [-0.39, 0.29) is 5.56 Å². The fourth-order valence-electron chi connectivity index (χ4n) is 2.28. The molecular weight excluding hydrogens is 338 g/mol. The lowest BCUT2D eigenvalue weighted by atomic mass is 10.1. The van der Waals surface area contributed by atoms with Crippen LogP contribution in [0.4, 0.5) is 10.5 Å². The van der Waals surface area contributed by atoms with Crippen molar-refractivity contribution in [3.63, 3.8) is 0 Å². The number of anilines is 1. The van der Waals surface area contributed by atoms with Crippen molar-refractivity contribution in [3.05, 3.63) is 29.3 Å². The Morgan fingerprint density at radius 3 is 2.62 bits per heavy atom. The van der Waals surface area contributed by atoms with Gasteiger partial charge in [0.05, 0.1) is 17.5 Å². The van der Waals surface area contributed by atoms with Crippen molar-refractivity contribution in [1.29, 1.82) is 0 Å². The van der Waals surface area contributed by atoms with Crippen LogP contribution in [-0.4, -0.2) is 52.8 Å². The molecule has 1 aromatic rings. The minimum atomic E-state index is -3.36. The number of carbonyl (C=O) groups excluding carboxylic acids is 3. The first-order valence-corrected chi connectivity index (χ1v) is 8.86. The number of rotatable bonds is 4. The summed E-state index contributed by atoms with van der Waals surface area (Å²) in [5, 5.41) is 4.16. The molecule has 24 heavy (non-hydrogen) atoms. The van der Waals surface area contributed by atoms with Crippen LogP contribution in [0.25, 0.3) is 0 Å². The van der Waals surface area contributed by atoms with Gasteiger partial charge in [-0.1, -0.05) is 0 Å². The maximum atomic E-state index is 11.9. The van der Waals surface area contributed by atoms with Gasteiger partial charge in [0.2, 0.25) is 10.0 Å². The molecule has 2 rings (SSSR count). The summed E-state index contributed by atoms with van der Waals surface area (Å²) in [6.45, 7) is -0.278. The summed E-state index contributed by atoms with van der Waals surface area (Å²) in [4.78, 5) is 34.3. The normalized spacial score (nSPS) is 13.2. The van der Waals surface area contributed by atoms with E-state index in [1.54, 1.807) is 6.07 Å². The topological polar surface area (TPSA) is 122 Å². The zero-order valence-corrected chi connectivity index (χ0v) is 14.0. The van der Waals surface area contributed by atoms with Gasteiger partial charge < -0.3 is 10.1 Å². The minimum Gasteiger partial charge on any atom is -0.452 e. The monoisotopic (exact) mass is 355 g/mol. The van der Waals surface area contributed by atoms with Crippen molar-refractivity contribution < 1.29 is 27.5 Å². The van der Waals surface area contributed by atoms with Crippen molar-refractivity contribution in [1.82, 2.24) is 10.6 Å². The Morgan fingerprint density at radius 2 is 2.00 bits per heavy atom. The number of sulfonamides is 1. The van der Waals surface area contributed by atoms with Gasteiger partial charge in [0.25, 0.3) is 5.91 Å². The van der Waals surface area contributed by atoms with Gasteiger partial charge in [-0.3, -0.25) is 14.4 Å². The molecule has 1 heterocycles. The molecule has 2 N–H and O–H groups in total. The fourth-order valence-corrected chi connectivity index (χ4v) is 3.24. The molecule has 10 heteroatoms. The molecule has 0 bridgehead atoms.